The summed E-state index contributed by atoms with van der Waals surface area (Å²) in [4.78, 5) is 14.8. The molecule has 110 valence electrons. The Morgan fingerprint density at radius 2 is 2.30 bits per heavy atom. The molecule has 0 bridgehead atoms. The van der Waals surface area contributed by atoms with Gasteiger partial charge in [-0.2, -0.15) is 0 Å². The van der Waals surface area contributed by atoms with Crippen molar-refractivity contribution in [3.05, 3.63) is 24.0 Å². The summed E-state index contributed by atoms with van der Waals surface area (Å²) in [6.45, 7) is 5.94. The number of hydrogen-bond acceptors (Lipinski definition) is 2. The molecule has 4 nitrogen and oxygen atoms in total. The monoisotopic (exact) mass is 275 g/mol. The van der Waals surface area contributed by atoms with Gasteiger partial charge in [0.05, 0.1) is 0 Å². The molecule has 1 aliphatic heterocycles. The number of carbonyl (C=O) groups is 1. The van der Waals surface area contributed by atoms with E-state index in [1.807, 2.05) is 17.0 Å². The minimum atomic E-state index is 0.204. The van der Waals surface area contributed by atoms with Crippen LogP contribution in [0.25, 0.3) is 0 Å². The standard InChI is InChI=1S/C16H25N3O/c1-2-18(12-13-5-3-9-17-11-13)16(20)15-6-4-10-19(15)14-7-8-14/h4,6,10,13-14,17H,2-3,5,7-9,11-12H2,1H3. The van der Waals surface area contributed by atoms with Crippen molar-refractivity contribution in [2.24, 2.45) is 5.92 Å². The van der Waals surface area contributed by atoms with E-state index in [0.29, 0.717) is 12.0 Å². The average Bonchev–Trinajstić information content (AvgIpc) is 3.22. The van der Waals surface area contributed by atoms with Crippen molar-refractivity contribution in [1.82, 2.24) is 14.8 Å². The Kier molecular flexibility index (Phi) is 4.10. The minimum Gasteiger partial charge on any atom is -0.340 e. The molecule has 1 N–H and O–H groups in total. The first-order valence-electron chi connectivity index (χ1n) is 7.96. The van der Waals surface area contributed by atoms with Crippen LogP contribution in [-0.2, 0) is 0 Å². The van der Waals surface area contributed by atoms with Gasteiger partial charge in [-0.1, -0.05) is 0 Å². The molecule has 4 heteroatoms. The summed E-state index contributed by atoms with van der Waals surface area (Å²) >= 11 is 0. The summed E-state index contributed by atoms with van der Waals surface area (Å²) < 4.78 is 2.17. The Bertz CT molecular complexity index is 458. The fourth-order valence-electron chi connectivity index (χ4n) is 3.16. The Labute approximate surface area is 121 Å². The molecule has 20 heavy (non-hydrogen) atoms. The van der Waals surface area contributed by atoms with E-state index in [-0.39, 0.29) is 5.91 Å². The first kappa shape index (κ1) is 13.7. The maximum Gasteiger partial charge on any atom is 0.270 e. The van der Waals surface area contributed by atoms with E-state index in [1.54, 1.807) is 0 Å². The van der Waals surface area contributed by atoms with Gasteiger partial charge in [-0.3, -0.25) is 4.79 Å². The summed E-state index contributed by atoms with van der Waals surface area (Å²) in [5.41, 5.74) is 0.873. The predicted molar refractivity (Wildman–Crippen MR) is 79.9 cm³/mol. The molecule has 1 saturated carbocycles. The molecule has 0 radical (unpaired) electrons. The molecule has 1 saturated heterocycles. The summed E-state index contributed by atoms with van der Waals surface area (Å²) in [5, 5.41) is 3.43. The van der Waals surface area contributed by atoms with Crippen LogP contribution in [-0.4, -0.2) is 41.6 Å². The van der Waals surface area contributed by atoms with Crippen molar-refractivity contribution >= 4 is 5.91 Å². The number of rotatable bonds is 5. The normalized spacial score (nSPS) is 22.8. The molecule has 1 atom stereocenters. The van der Waals surface area contributed by atoms with Crippen molar-refractivity contribution in [1.29, 1.82) is 0 Å². The van der Waals surface area contributed by atoms with Crippen LogP contribution in [0, 0.1) is 5.92 Å². The maximum atomic E-state index is 12.7. The van der Waals surface area contributed by atoms with Crippen molar-refractivity contribution in [3.8, 4) is 0 Å². The molecule has 0 aromatic carbocycles. The van der Waals surface area contributed by atoms with Crippen molar-refractivity contribution < 1.29 is 4.79 Å². The van der Waals surface area contributed by atoms with Crippen molar-refractivity contribution in [2.75, 3.05) is 26.2 Å². The van der Waals surface area contributed by atoms with E-state index >= 15 is 0 Å². The van der Waals surface area contributed by atoms with Gasteiger partial charge in [0.25, 0.3) is 5.91 Å². The van der Waals surface area contributed by atoms with Crippen LogP contribution in [0.2, 0.25) is 0 Å². The lowest BCUT2D eigenvalue weighted by Gasteiger charge is -2.29. The summed E-state index contributed by atoms with van der Waals surface area (Å²) in [6, 6.07) is 4.54. The van der Waals surface area contributed by atoms with Crippen LogP contribution >= 0.6 is 0 Å². The van der Waals surface area contributed by atoms with Gasteiger partial charge in [-0.25, -0.2) is 0 Å². The number of piperidine rings is 1. The van der Waals surface area contributed by atoms with Crippen LogP contribution in [0.3, 0.4) is 0 Å². The predicted octanol–water partition coefficient (Wildman–Crippen LogP) is 2.28. The maximum absolute atomic E-state index is 12.7. The molecular formula is C16H25N3O. The third kappa shape index (κ3) is 2.90. The Morgan fingerprint density at radius 3 is 2.95 bits per heavy atom. The van der Waals surface area contributed by atoms with Gasteiger partial charge in [-0.15, -0.1) is 0 Å². The van der Waals surface area contributed by atoms with E-state index in [1.165, 1.54) is 25.7 Å². The molecule has 1 aromatic heterocycles. The fourth-order valence-corrected chi connectivity index (χ4v) is 3.16. The van der Waals surface area contributed by atoms with Gasteiger partial charge < -0.3 is 14.8 Å². The average molecular weight is 275 g/mol. The highest BCUT2D eigenvalue weighted by atomic mass is 16.2. The molecular weight excluding hydrogens is 250 g/mol. The SMILES string of the molecule is CCN(CC1CCCNC1)C(=O)c1cccn1C1CC1. The molecule has 3 rings (SSSR count). The summed E-state index contributed by atoms with van der Waals surface area (Å²) in [5.74, 6) is 0.812. The second-order valence-electron chi connectivity index (χ2n) is 6.09. The highest BCUT2D eigenvalue weighted by Gasteiger charge is 2.29. The van der Waals surface area contributed by atoms with Crippen LogP contribution in [0.4, 0.5) is 0 Å². The lowest BCUT2D eigenvalue weighted by atomic mass is 9.99. The van der Waals surface area contributed by atoms with Crippen LogP contribution < -0.4 is 5.32 Å². The topological polar surface area (TPSA) is 37.3 Å². The zero-order chi connectivity index (χ0) is 13.9. The third-order valence-corrected chi connectivity index (χ3v) is 4.48. The van der Waals surface area contributed by atoms with Gasteiger partial charge in [0, 0.05) is 25.3 Å². The highest BCUT2D eigenvalue weighted by molar-refractivity contribution is 5.92. The van der Waals surface area contributed by atoms with E-state index in [0.717, 1.165) is 31.9 Å². The Hall–Kier alpha value is -1.29. The molecule has 0 spiro atoms. The first-order valence-corrected chi connectivity index (χ1v) is 7.96. The number of aromatic nitrogens is 1. The first-order chi connectivity index (χ1) is 9.79. The molecule has 1 aliphatic carbocycles. The largest absolute Gasteiger partial charge is 0.340 e. The summed E-state index contributed by atoms with van der Waals surface area (Å²) in [7, 11) is 0. The number of hydrogen-bond donors (Lipinski definition) is 1. The second kappa shape index (κ2) is 6.00. The van der Waals surface area contributed by atoms with Crippen molar-refractivity contribution in [3.63, 3.8) is 0 Å². The third-order valence-electron chi connectivity index (χ3n) is 4.48. The zero-order valence-corrected chi connectivity index (χ0v) is 12.3. The van der Waals surface area contributed by atoms with E-state index in [4.69, 9.17) is 0 Å². The van der Waals surface area contributed by atoms with Gasteiger partial charge >= 0.3 is 0 Å². The Balaban J connectivity index is 1.67. The number of nitrogens with one attached hydrogen (secondary N) is 1. The zero-order valence-electron chi connectivity index (χ0n) is 12.3. The van der Waals surface area contributed by atoms with E-state index < -0.39 is 0 Å². The smallest absolute Gasteiger partial charge is 0.270 e. The van der Waals surface area contributed by atoms with Crippen LogP contribution in [0.1, 0.15) is 49.1 Å². The minimum absolute atomic E-state index is 0.204. The fraction of sp³-hybridized carbons (Fsp3) is 0.688. The van der Waals surface area contributed by atoms with Crippen molar-refractivity contribution in [2.45, 2.75) is 38.6 Å². The molecule has 1 unspecified atom stereocenters. The number of amides is 1. The van der Waals surface area contributed by atoms with Crippen LogP contribution in [0.5, 0.6) is 0 Å². The van der Waals surface area contributed by atoms with Gasteiger partial charge in [0.15, 0.2) is 0 Å². The van der Waals surface area contributed by atoms with Crippen LogP contribution in [0.15, 0.2) is 18.3 Å². The highest BCUT2D eigenvalue weighted by Crippen LogP contribution is 2.36. The molecule has 2 aliphatic rings. The molecule has 1 amide bonds. The Morgan fingerprint density at radius 1 is 1.45 bits per heavy atom. The molecule has 2 heterocycles. The van der Waals surface area contributed by atoms with E-state index in [9.17, 15) is 4.79 Å². The quantitative estimate of drug-likeness (QED) is 0.895. The van der Waals surface area contributed by atoms with E-state index in [2.05, 4.69) is 23.0 Å². The van der Waals surface area contributed by atoms with Gasteiger partial charge in [-0.05, 0) is 63.7 Å². The lowest BCUT2D eigenvalue weighted by molar-refractivity contribution is 0.0718. The lowest BCUT2D eigenvalue weighted by Crippen LogP contribution is -2.41. The second-order valence-corrected chi connectivity index (χ2v) is 6.09. The van der Waals surface area contributed by atoms with Gasteiger partial charge in [0.2, 0.25) is 0 Å². The van der Waals surface area contributed by atoms with Gasteiger partial charge in [0.1, 0.15) is 5.69 Å². The molecule has 2 fully saturated rings. The molecule has 1 aromatic rings. The number of carbonyl (C=O) groups excluding carboxylic acids is 1. The number of nitrogens with zero attached hydrogens (tertiary/aromatic N) is 2. The summed E-state index contributed by atoms with van der Waals surface area (Å²) in [6.07, 6.45) is 6.96.